The van der Waals surface area contributed by atoms with E-state index in [1.807, 2.05) is 56.7 Å². The van der Waals surface area contributed by atoms with Gasteiger partial charge in [0.2, 0.25) is 11.8 Å². The molecule has 20 rings (SSSR count). The first kappa shape index (κ1) is 82.7. The van der Waals surface area contributed by atoms with Crippen LogP contribution >= 0.6 is 56.7 Å². The number of nitrogens with zero attached hydrogens (tertiary/aromatic N) is 14. The fraction of sp³-hybridized carbons (Fsp3) is 0.636. The minimum Gasteiger partial charge on any atom is -0.393 e. The van der Waals surface area contributed by atoms with Crippen LogP contribution in [-0.2, 0) is 73.8 Å². The van der Waals surface area contributed by atoms with Gasteiger partial charge in [-0.05, 0) is 237 Å². The van der Waals surface area contributed by atoms with Crippen molar-refractivity contribution in [2.45, 2.75) is 258 Å². The Hall–Kier alpha value is -7.02. The molecular formula is C88H121N19O4S5. The molecule has 7 aliphatic carbocycles. The van der Waals surface area contributed by atoms with Crippen LogP contribution in [0.1, 0.15) is 222 Å². The first-order valence-electron chi connectivity index (χ1n) is 43.8. The molecule has 116 heavy (non-hydrogen) atoms. The molecule has 0 radical (unpaired) electrons. The van der Waals surface area contributed by atoms with E-state index in [0.29, 0.717) is 23.5 Å². The van der Waals surface area contributed by atoms with E-state index in [1.165, 1.54) is 169 Å². The van der Waals surface area contributed by atoms with E-state index in [1.54, 1.807) is 47.6 Å². The van der Waals surface area contributed by atoms with E-state index in [9.17, 15) is 14.7 Å². The highest BCUT2D eigenvalue weighted by Crippen LogP contribution is 2.48. The molecule has 3 saturated heterocycles. The number of nitrogens with two attached hydrogens (primary N) is 2. The summed E-state index contributed by atoms with van der Waals surface area (Å²) >= 11 is 9.30. The molecule has 23 nitrogen and oxygen atoms in total. The molecule has 13 heterocycles. The van der Waals surface area contributed by atoms with E-state index >= 15 is 0 Å². The van der Waals surface area contributed by atoms with Crippen molar-refractivity contribution in [3.05, 3.63) is 83.8 Å². The normalized spacial score (nSPS) is 24.2. The van der Waals surface area contributed by atoms with Gasteiger partial charge in [0.25, 0.3) is 0 Å². The molecule has 4 atom stereocenters. The van der Waals surface area contributed by atoms with Crippen molar-refractivity contribution in [2.24, 2.45) is 52.4 Å². The molecule has 622 valence electrons. The number of hydrogen-bond donors (Lipinski definition) is 7. The summed E-state index contributed by atoms with van der Waals surface area (Å²) in [4.78, 5) is 91.6. The topological polar surface area (TPSA) is 305 Å². The number of aryl methyl sites for hydroxylation is 5. The van der Waals surface area contributed by atoms with Crippen LogP contribution in [0, 0.1) is 40.9 Å². The third-order valence-corrected chi connectivity index (χ3v) is 33.3. The van der Waals surface area contributed by atoms with Crippen LogP contribution in [0.2, 0.25) is 0 Å². The summed E-state index contributed by atoms with van der Waals surface area (Å²) in [5.41, 5.74) is 21.1. The van der Waals surface area contributed by atoms with Crippen molar-refractivity contribution < 1.29 is 19.9 Å². The number of piperazine rings is 1. The van der Waals surface area contributed by atoms with Crippen molar-refractivity contribution in [3.63, 3.8) is 0 Å². The number of fused-ring (bicyclic) bond motifs is 15. The van der Waals surface area contributed by atoms with Crippen molar-refractivity contribution in [3.8, 4) is 0 Å². The van der Waals surface area contributed by atoms with Gasteiger partial charge in [0.15, 0.2) is 0 Å². The molecule has 5 fully saturated rings. The van der Waals surface area contributed by atoms with Crippen molar-refractivity contribution in [1.82, 2.24) is 60.2 Å². The van der Waals surface area contributed by atoms with E-state index < -0.39 is 0 Å². The van der Waals surface area contributed by atoms with Gasteiger partial charge in [-0.15, -0.1) is 56.7 Å². The lowest BCUT2D eigenvalue weighted by Gasteiger charge is -2.33. The Kier molecular flexibility index (Phi) is 26.3. The number of carbonyl (C=O) groups is 2. The summed E-state index contributed by atoms with van der Waals surface area (Å²) in [7, 11) is 2.20. The number of primary amides is 1. The second-order valence-electron chi connectivity index (χ2n) is 35.8. The van der Waals surface area contributed by atoms with E-state index in [0.717, 1.165) is 221 Å². The van der Waals surface area contributed by atoms with Crippen LogP contribution in [0.3, 0.4) is 0 Å². The highest BCUT2D eigenvalue weighted by atomic mass is 32.1. The number of aromatic nitrogens is 10. The van der Waals surface area contributed by atoms with E-state index in [-0.39, 0.29) is 29.8 Å². The first-order chi connectivity index (χ1) is 56.4. The van der Waals surface area contributed by atoms with Crippen molar-refractivity contribution in [1.29, 1.82) is 0 Å². The predicted molar refractivity (Wildman–Crippen MR) is 476 cm³/mol. The largest absolute Gasteiger partial charge is 0.393 e. The maximum Gasteiger partial charge on any atom is 0.246 e. The number of hydrogen-bond acceptors (Lipinski definition) is 26. The zero-order valence-electron chi connectivity index (χ0n) is 69.2. The lowest BCUT2D eigenvalue weighted by atomic mass is 9.76. The van der Waals surface area contributed by atoms with Gasteiger partial charge in [-0.2, -0.15) is 0 Å². The number of aliphatic hydroxyl groups is 1. The fourth-order valence-electron chi connectivity index (χ4n) is 19.9. The molecule has 0 bridgehead atoms. The van der Waals surface area contributed by atoms with Crippen LogP contribution in [0.15, 0.2) is 31.6 Å². The van der Waals surface area contributed by atoms with E-state index in [2.05, 4.69) is 129 Å². The number of rotatable bonds is 12. The second kappa shape index (κ2) is 36.9. The molecule has 10 aromatic heterocycles. The van der Waals surface area contributed by atoms with Gasteiger partial charge in [0.05, 0.1) is 33.0 Å². The lowest BCUT2D eigenvalue weighted by Crippen LogP contribution is -2.44. The number of nitrogens with one attached hydrogen (secondary N) is 3. The van der Waals surface area contributed by atoms with Gasteiger partial charge in [-0.3, -0.25) is 14.8 Å². The molecule has 9 N–H and O–H groups in total. The smallest absolute Gasteiger partial charge is 0.246 e. The molecule has 2 saturated carbocycles. The minimum absolute atomic E-state index is 0.0141. The second-order valence-corrected chi connectivity index (χ2v) is 41.2. The van der Waals surface area contributed by atoms with Gasteiger partial charge in [0.1, 0.15) is 84.9 Å². The molecule has 4 unspecified atom stereocenters. The highest BCUT2D eigenvalue weighted by molar-refractivity contribution is 7.20. The number of likely N-dealkylation sites (N-methyl/N-ethyl adjacent to an activating group) is 1. The maximum atomic E-state index is 11.6. The third-order valence-electron chi connectivity index (χ3n) is 27.4. The Morgan fingerprint density at radius 2 is 0.853 bits per heavy atom. The van der Waals surface area contributed by atoms with E-state index in [4.69, 9.17) is 16.7 Å². The average molecular weight is 1670 g/mol. The SMILES string of the molecule is CC1(C)CCc2sc3ncnc(NC4CCC(N)CC4)c3c2C1.CC1CCc2sc3ncnc(NC4CCC(O)CC4)c3c2C1.CCC1CCc2c(sc3ncnc(N4CCC(C(=O)NO)CC4)c23)C1.CCC1CCc2c(sc3ncnc(N4CCC(C(N)=O)CC4)c23)C1.CCC1CCc2c(sc3ncnc(N4CCN(C)CC4)c23)C1. The summed E-state index contributed by atoms with van der Waals surface area (Å²) in [6.45, 7) is 21.6. The molecule has 10 aliphatic rings. The molecule has 0 aromatic carbocycles. The number of hydroxylamine groups is 1. The zero-order valence-corrected chi connectivity index (χ0v) is 73.3. The fourth-order valence-corrected chi connectivity index (χ4v) is 26.1. The molecule has 3 aliphatic heterocycles. The lowest BCUT2D eigenvalue weighted by molar-refractivity contribution is -0.134. The van der Waals surface area contributed by atoms with Gasteiger partial charge >= 0.3 is 0 Å². The number of aliphatic hydroxyl groups excluding tert-OH is 1. The summed E-state index contributed by atoms with van der Waals surface area (Å²) in [6.07, 6.45) is 41.8. The predicted octanol–water partition coefficient (Wildman–Crippen LogP) is 16.2. The van der Waals surface area contributed by atoms with Crippen molar-refractivity contribution in [2.75, 3.05) is 84.7 Å². The number of piperidine rings is 2. The number of carbonyl (C=O) groups excluding carboxylic acids is 2. The first-order valence-corrected chi connectivity index (χ1v) is 47.8. The Morgan fingerprint density at radius 3 is 1.29 bits per heavy atom. The number of anilines is 5. The molecular weight excluding hydrogens is 1550 g/mol. The quantitative estimate of drug-likeness (QED) is 0.0441. The average Bonchev–Trinajstić information content (AvgIpc) is 1.62. The van der Waals surface area contributed by atoms with Crippen LogP contribution in [0.25, 0.3) is 51.1 Å². The summed E-state index contributed by atoms with van der Waals surface area (Å²) in [5.74, 6) is 8.03. The minimum atomic E-state index is -0.272. The monoisotopic (exact) mass is 1670 g/mol. The highest BCUT2D eigenvalue weighted by Gasteiger charge is 2.36. The van der Waals surface area contributed by atoms with Crippen molar-refractivity contribution >= 4 is 149 Å². The summed E-state index contributed by atoms with van der Waals surface area (Å²) in [6, 6.07) is 1.31. The summed E-state index contributed by atoms with van der Waals surface area (Å²) in [5, 5.41) is 32.3. The molecule has 2 amide bonds. The maximum absolute atomic E-state index is 11.6. The third kappa shape index (κ3) is 18.3. The van der Waals surface area contributed by atoms with Crippen LogP contribution in [-0.4, -0.2) is 161 Å². The molecule has 10 aromatic rings. The zero-order chi connectivity index (χ0) is 80.3. The molecule has 0 spiro atoms. The Labute approximate surface area is 703 Å². The van der Waals surface area contributed by atoms with Crippen LogP contribution < -0.4 is 42.3 Å². The summed E-state index contributed by atoms with van der Waals surface area (Å²) < 4.78 is 0. The van der Waals surface area contributed by atoms with Gasteiger partial charge in [-0.1, -0.05) is 60.8 Å². The van der Waals surface area contributed by atoms with Crippen LogP contribution in [0.4, 0.5) is 29.1 Å². The Balaban J connectivity index is 0.000000109. The molecule has 28 heteroatoms. The van der Waals surface area contributed by atoms with Gasteiger partial charge in [-0.25, -0.2) is 55.3 Å². The number of thiophene rings is 5. The Morgan fingerprint density at radius 1 is 0.457 bits per heavy atom. The van der Waals surface area contributed by atoms with Crippen LogP contribution in [0.5, 0.6) is 0 Å². The standard InChI is InChI=1S/C18H24N4O2S.C18H24N4OS.C18H26N4S.C17H24N4S.C17H23N3OS/c1-2-11-3-4-13-14(9-11)25-18-15(13)16(19-10-20-18)22-7-5-12(6-8-22)17(23)21-24;1-2-11-3-4-13-14(9-11)24-18-15(13)17(20-10-21-18)22-7-5-12(6-8-22)16(19)23;1-18(2)8-7-14-13(9-18)15-16(20-10-21-17(15)23-14)22-12-5-3-11(19)4-6-12;1-3-12-4-5-13-14(10-12)22-17-15(13)16(18-11-19-17)21-8-6-20(2)7-9-21;1-10-2-7-14-13(8-10)15-16(18-9-19-17(15)22-14)20-11-3-5-12(21)6-4-11/h10-12,24H,2-9H2,1H3,(H,21,23);10-12H,2-9H2,1H3,(H2,19,23);10-12H,3-9,19H2,1-2H3,(H,20,21,22);11-12H,3-10H2,1-2H3;9-12,21H,2-8H2,1H3,(H,18,19,20). The van der Waals surface area contributed by atoms with Gasteiger partial charge in [0, 0.05) is 107 Å². The Bertz CT molecular complexity index is 5050. The number of amides is 2. The van der Waals surface area contributed by atoms with Gasteiger partial charge < -0.3 is 46.8 Å².